The Morgan fingerprint density at radius 2 is 1.82 bits per heavy atom. The number of aryl methyl sites for hydroxylation is 1. The van der Waals surface area contributed by atoms with Crippen LogP contribution in [-0.4, -0.2) is 70.4 Å². The van der Waals surface area contributed by atoms with Crippen LogP contribution in [0.15, 0.2) is 23.0 Å². The van der Waals surface area contributed by atoms with E-state index in [2.05, 4.69) is 17.1 Å². The van der Waals surface area contributed by atoms with Gasteiger partial charge in [0, 0.05) is 51.3 Å². The number of hydrogen-bond acceptors (Lipinski definition) is 5. The van der Waals surface area contributed by atoms with Gasteiger partial charge in [0.15, 0.2) is 0 Å². The minimum Gasteiger partial charge on any atom is -0.355 e. The van der Waals surface area contributed by atoms with Crippen LogP contribution in [-0.2, 0) is 17.8 Å². The first kappa shape index (κ1) is 23.4. The lowest BCUT2D eigenvalue weighted by Gasteiger charge is -2.34. The van der Waals surface area contributed by atoms with Crippen LogP contribution in [0, 0.1) is 0 Å². The van der Waals surface area contributed by atoms with Crippen LogP contribution in [0.25, 0.3) is 10.9 Å². The van der Waals surface area contributed by atoms with Crippen molar-refractivity contribution in [2.45, 2.75) is 58.4 Å². The third kappa shape index (κ3) is 5.61. The molecule has 2 aliphatic heterocycles. The highest BCUT2D eigenvalue weighted by Gasteiger charge is 2.24. The molecule has 178 valence electrons. The Morgan fingerprint density at radius 1 is 1.03 bits per heavy atom. The Hall–Kier alpha value is -2.74. The molecule has 3 heterocycles. The number of nitrogens with one attached hydrogen (secondary N) is 1. The number of rotatable bonds is 6. The third-order valence-corrected chi connectivity index (χ3v) is 6.69. The van der Waals surface area contributed by atoms with Gasteiger partial charge in [0.25, 0.3) is 11.5 Å². The van der Waals surface area contributed by atoms with Crippen molar-refractivity contribution in [2.75, 3.05) is 39.3 Å². The zero-order valence-electron chi connectivity index (χ0n) is 19.6. The first-order chi connectivity index (χ1) is 16.1. The molecular formula is C25H35N5O3. The largest absolute Gasteiger partial charge is 0.355 e. The molecule has 0 radical (unpaired) electrons. The van der Waals surface area contributed by atoms with Crippen molar-refractivity contribution < 1.29 is 9.59 Å². The van der Waals surface area contributed by atoms with E-state index in [4.69, 9.17) is 4.98 Å². The monoisotopic (exact) mass is 453 g/mol. The fourth-order valence-corrected chi connectivity index (χ4v) is 4.68. The van der Waals surface area contributed by atoms with E-state index in [1.165, 1.54) is 6.42 Å². The van der Waals surface area contributed by atoms with E-state index in [1.54, 1.807) is 18.2 Å². The minimum atomic E-state index is -0.0439. The van der Waals surface area contributed by atoms with Gasteiger partial charge >= 0.3 is 0 Å². The summed E-state index contributed by atoms with van der Waals surface area (Å²) in [6, 6.07) is 5.27. The van der Waals surface area contributed by atoms with E-state index in [0.29, 0.717) is 49.2 Å². The Kier molecular flexibility index (Phi) is 7.75. The second-order valence-electron chi connectivity index (χ2n) is 9.15. The lowest BCUT2D eigenvalue weighted by molar-refractivity contribution is -0.122. The normalized spacial score (nSPS) is 17.3. The smallest absolute Gasteiger partial charge is 0.261 e. The Morgan fingerprint density at radius 3 is 2.61 bits per heavy atom. The molecule has 0 spiro atoms. The van der Waals surface area contributed by atoms with Crippen molar-refractivity contribution in [3.05, 3.63) is 39.9 Å². The summed E-state index contributed by atoms with van der Waals surface area (Å²) in [5, 5.41) is 3.52. The second kappa shape index (κ2) is 10.9. The molecule has 1 N–H and O–H groups in total. The third-order valence-electron chi connectivity index (χ3n) is 6.69. The molecule has 2 aromatic rings. The van der Waals surface area contributed by atoms with Crippen LogP contribution < -0.4 is 10.9 Å². The number of aromatic nitrogens is 2. The molecule has 4 rings (SSSR count). The van der Waals surface area contributed by atoms with Crippen molar-refractivity contribution >= 4 is 22.7 Å². The number of carbonyl (C=O) groups is 2. The number of nitrogens with zero attached hydrogens (tertiary/aromatic N) is 4. The van der Waals surface area contributed by atoms with Gasteiger partial charge in [-0.2, -0.15) is 0 Å². The zero-order chi connectivity index (χ0) is 23.2. The van der Waals surface area contributed by atoms with Gasteiger partial charge in [-0.15, -0.1) is 0 Å². The van der Waals surface area contributed by atoms with Gasteiger partial charge in [0.2, 0.25) is 5.91 Å². The molecule has 1 saturated heterocycles. The van der Waals surface area contributed by atoms with Gasteiger partial charge < -0.3 is 10.2 Å². The zero-order valence-corrected chi connectivity index (χ0v) is 19.6. The van der Waals surface area contributed by atoms with Crippen molar-refractivity contribution in [3.63, 3.8) is 0 Å². The van der Waals surface area contributed by atoms with Crippen molar-refractivity contribution in [3.8, 4) is 0 Å². The van der Waals surface area contributed by atoms with Crippen LogP contribution in [0.1, 0.15) is 61.6 Å². The Balaban J connectivity index is 1.42. The second-order valence-corrected chi connectivity index (χ2v) is 9.15. The first-order valence-corrected chi connectivity index (χ1v) is 12.4. The van der Waals surface area contributed by atoms with Gasteiger partial charge in [-0.3, -0.25) is 23.9 Å². The molecule has 1 aromatic heterocycles. The van der Waals surface area contributed by atoms with E-state index < -0.39 is 0 Å². The average Bonchev–Trinajstić information content (AvgIpc) is 2.80. The fraction of sp³-hybridized carbons (Fsp3) is 0.600. The van der Waals surface area contributed by atoms with Crippen molar-refractivity contribution in [2.24, 2.45) is 0 Å². The Bertz CT molecular complexity index is 1060. The predicted octanol–water partition coefficient (Wildman–Crippen LogP) is 2.19. The van der Waals surface area contributed by atoms with Crippen molar-refractivity contribution in [1.29, 1.82) is 0 Å². The molecule has 0 bridgehead atoms. The maximum atomic E-state index is 13.1. The summed E-state index contributed by atoms with van der Waals surface area (Å²) in [4.78, 5) is 46.9. The number of piperazine rings is 1. The average molecular weight is 454 g/mol. The lowest BCUT2D eigenvalue weighted by Crippen LogP contribution is -2.51. The summed E-state index contributed by atoms with van der Waals surface area (Å²) in [6.07, 6.45) is 7.21. The summed E-state index contributed by atoms with van der Waals surface area (Å²) in [5.74, 6) is 0.838. The lowest BCUT2D eigenvalue weighted by atomic mass is 10.1. The van der Waals surface area contributed by atoms with Crippen LogP contribution in [0.4, 0.5) is 0 Å². The summed E-state index contributed by atoms with van der Waals surface area (Å²) in [7, 11) is 0. The van der Waals surface area contributed by atoms with Crippen LogP contribution in [0.3, 0.4) is 0 Å². The van der Waals surface area contributed by atoms with Crippen LogP contribution >= 0.6 is 0 Å². The van der Waals surface area contributed by atoms with E-state index in [-0.39, 0.29) is 17.4 Å². The maximum absolute atomic E-state index is 13.1. The molecular weight excluding hydrogens is 418 g/mol. The molecule has 2 amide bonds. The molecule has 0 saturated carbocycles. The predicted molar refractivity (Wildman–Crippen MR) is 128 cm³/mol. The van der Waals surface area contributed by atoms with Gasteiger partial charge in [0.05, 0.1) is 17.4 Å². The van der Waals surface area contributed by atoms with Gasteiger partial charge in [-0.05, 0) is 37.5 Å². The molecule has 8 heteroatoms. The fourth-order valence-electron chi connectivity index (χ4n) is 4.68. The first-order valence-electron chi connectivity index (χ1n) is 12.4. The van der Waals surface area contributed by atoms with E-state index >= 15 is 0 Å². The van der Waals surface area contributed by atoms with Crippen LogP contribution in [0.5, 0.6) is 0 Å². The van der Waals surface area contributed by atoms with E-state index in [1.807, 2.05) is 9.47 Å². The minimum absolute atomic E-state index is 0.00160. The molecule has 33 heavy (non-hydrogen) atoms. The van der Waals surface area contributed by atoms with Gasteiger partial charge in [0.1, 0.15) is 5.82 Å². The highest BCUT2D eigenvalue weighted by Crippen LogP contribution is 2.18. The molecule has 0 atom stereocenters. The molecule has 8 nitrogen and oxygen atoms in total. The highest BCUT2D eigenvalue weighted by molar-refractivity contribution is 5.97. The van der Waals surface area contributed by atoms with Gasteiger partial charge in [-0.1, -0.05) is 26.2 Å². The number of unbranched alkanes of at least 4 members (excludes halogenated alkanes) is 1. The van der Waals surface area contributed by atoms with E-state index in [9.17, 15) is 14.4 Å². The molecule has 2 aliphatic rings. The molecule has 1 fully saturated rings. The Labute approximate surface area is 195 Å². The number of hydrogen-bond donors (Lipinski definition) is 1. The number of benzene rings is 1. The van der Waals surface area contributed by atoms with E-state index in [0.717, 1.165) is 57.4 Å². The number of fused-ring (bicyclic) bond motifs is 2. The van der Waals surface area contributed by atoms with Crippen molar-refractivity contribution in [1.82, 2.24) is 24.7 Å². The summed E-state index contributed by atoms with van der Waals surface area (Å²) < 4.78 is 1.82. The molecule has 1 aromatic carbocycles. The topological polar surface area (TPSA) is 87.5 Å². The maximum Gasteiger partial charge on any atom is 0.261 e. The van der Waals surface area contributed by atoms with Gasteiger partial charge in [-0.25, -0.2) is 4.98 Å². The molecule has 0 unspecified atom stereocenters. The summed E-state index contributed by atoms with van der Waals surface area (Å²) in [5.41, 5.74) is 1.18. The SMILES string of the molecule is CCCCNC(=O)CN1CCN(C(=O)c2ccc3c(=O)n4c(nc3c2)CCCCCC4)CC1. The van der Waals surface area contributed by atoms with Crippen LogP contribution in [0.2, 0.25) is 0 Å². The number of amides is 2. The number of carbonyl (C=O) groups excluding carboxylic acids is 2. The summed E-state index contributed by atoms with van der Waals surface area (Å²) >= 11 is 0. The molecule has 0 aliphatic carbocycles. The quantitative estimate of drug-likeness (QED) is 0.678. The standard InChI is InChI=1S/C25H35N5O3/c1-2-3-11-26-23(31)18-28-13-15-29(16-14-28)24(32)19-9-10-20-21(17-19)27-22-8-6-4-5-7-12-30(22)25(20)33/h9-10,17H,2-8,11-16,18H2,1H3,(H,26,31). The summed E-state index contributed by atoms with van der Waals surface area (Å²) in [6.45, 7) is 6.43. The highest BCUT2D eigenvalue weighted by atomic mass is 16.2.